The van der Waals surface area contributed by atoms with Crippen molar-refractivity contribution in [3.8, 4) is 0 Å². The summed E-state index contributed by atoms with van der Waals surface area (Å²) < 4.78 is 5.07. The number of unbranched alkanes of at least 4 members (excludes halogenated alkanes) is 7. The second kappa shape index (κ2) is 13.9. The lowest BCUT2D eigenvalue weighted by Gasteiger charge is -2.05. The van der Waals surface area contributed by atoms with E-state index in [0.29, 0.717) is 13.0 Å². The van der Waals surface area contributed by atoms with E-state index >= 15 is 0 Å². The molecule has 0 aromatic heterocycles. The molecular formula is C14H27NO3S. The standard InChI is InChI=1S/C14H27NO3S/c1-2-3-4-5-6-7-8-9-11-17-14(16)13(19)10-12-18-15/h2-12,15H2,1H3. The molecule has 0 rings (SSSR count). The molecule has 0 aliphatic heterocycles. The van der Waals surface area contributed by atoms with Gasteiger partial charge in [0.15, 0.2) is 0 Å². The Morgan fingerprint density at radius 3 is 2.16 bits per heavy atom. The summed E-state index contributed by atoms with van der Waals surface area (Å²) in [5.74, 6) is 4.46. The van der Waals surface area contributed by atoms with Crippen molar-refractivity contribution in [2.24, 2.45) is 5.90 Å². The number of carbonyl (C=O) groups is 1. The maximum atomic E-state index is 11.4. The Labute approximate surface area is 122 Å². The highest BCUT2D eigenvalue weighted by atomic mass is 32.1. The normalized spacial score (nSPS) is 10.4. The van der Waals surface area contributed by atoms with Gasteiger partial charge in [-0.15, -0.1) is 0 Å². The lowest BCUT2D eigenvalue weighted by molar-refractivity contribution is -0.135. The minimum absolute atomic E-state index is 0.255. The maximum Gasteiger partial charge on any atom is 0.345 e. The Balaban J connectivity index is 3.29. The van der Waals surface area contributed by atoms with Gasteiger partial charge in [-0.3, -0.25) is 0 Å². The third-order valence-electron chi connectivity index (χ3n) is 2.91. The molecular weight excluding hydrogens is 262 g/mol. The summed E-state index contributed by atoms with van der Waals surface area (Å²) >= 11 is 4.89. The van der Waals surface area contributed by atoms with Crippen molar-refractivity contribution in [1.29, 1.82) is 0 Å². The van der Waals surface area contributed by atoms with Crippen LogP contribution in [0.1, 0.15) is 64.7 Å². The predicted octanol–water partition coefficient (Wildman–Crippen LogP) is 3.32. The van der Waals surface area contributed by atoms with Crippen LogP contribution in [0.4, 0.5) is 0 Å². The van der Waals surface area contributed by atoms with Crippen LogP contribution >= 0.6 is 12.2 Å². The zero-order valence-corrected chi connectivity index (χ0v) is 12.8. The van der Waals surface area contributed by atoms with Crippen LogP contribution in [0.15, 0.2) is 0 Å². The summed E-state index contributed by atoms with van der Waals surface area (Å²) in [6.45, 7) is 2.93. The average Bonchev–Trinajstić information content (AvgIpc) is 2.42. The molecule has 0 aromatic carbocycles. The van der Waals surface area contributed by atoms with E-state index in [-0.39, 0.29) is 11.5 Å². The zero-order chi connectivity index (χ0) is 14.3. The average molecular weight is 289 g/mol. The fourth-order valence-corrected chi connectivity index (χ4v) is 1.88. The summed E-state index contributed by atoms with van der Waals surface area (Å²) in [4.78, 5) is 16.0. The van der Waals surface area contributed by atoms with Crippen molar-refractivity contribution in [3.63, 3.8) is 0 Å². The third kappa shape index (κ3) is 12.3. The molecule has 0 spiro atoms. The largest absolute Gasteiger partial charge is 0.462 e. The number of esters is 1. The molecule has 0 aliphatic carbocycles. The Kier molecular flexibility index (Phi) is 13.5. The third-order valence-corrected chi connectivity index (χ3v) is 3.28. The van der Waals surface area contributed by atoms with Gasteiger partial charge in [0, 0.05) is 6.42 Å². The van der Waals surface area contributed by atoms with Crippen LogP contribution < -0.4 is 5.90 Å². The first-order valence-electron chi connectivity index (χ1n) is 7.24. The number of rotatable bonds is 13. The lowest BCUT2D eigenvalue weighted by atomic mass is 10.1. The number of hydrogen-bond acceptors (Lipinski definition) is 5. The van der Waals surface area contributed by atoms with Crippen molar-refractivity contribution in [1.82, 2.24) is 0 Å². The van der Waals surface area contributed by atoms with Crippen molar-refractivity contribution < 1.29 is 14.4 Å². The van der Waals surface area contributed by atoms with Crippen LogP contribution in [0, 0.1) is 0 Å². The van der Waals surface area contributed by atoms with E-state index in [2.05, 4.69) is 11.8 Å². The first-order valence-corrected chi connectivity index (χ1v) is 7.64. The predicted molar refractivity (Wildman–Crippen MR) is 80.9 cm³/mol. The van der Waals surface area contributed by atoms with E-state index in [1.807, 2.05) is 0 Å². The second-order valence-corrected chi connectivity index (χ2v) is 5.15. The van der Waals surface area contributed by atoms with E-state index in [1.165, 1.54) is 38.5 Å². The molecule has 0 unspecified atom stereocenters. The number of hydrogen-bond donors (Lipinski definition) is 1. The molecule has 4 nitrogen and oxygen atoms in total. The van der Waals surface area contributed by atoms with E-state index < -0.39 is 5.97 Å². The van der Waals surface area contributed by atoms with Crippen LogP contribution in [-0.4, -0.2) is 24.0 Å². The van der Waals surface area contributed by atoms with Gasteiger partial charge in [0.25, 0.3) is 0 Å². The number of carbonyl (C=O) groups excluding carboxylic acids is 1. The molecule has 0 saturated heterocycles. The molecule has 0 fully saturated rings. The Hall–Kier alpha value is -0.520. The highest BCUT2D eigenvalue weighted by Crippen LogP contribution is 2.08. The second-order valence-electron chi connectivity index (χ2n) is 4.65. The molecule has 0 aromatic rings. The quantitative estimate of drug-likeness (QED) is 0.244. The van der Waals surface area contributed by atoms with E-state index in [1.54, 1.807) is 0 Å². The zero-order valence-electron chi connectivity index (χ0n) is 12.0. The van der Waals surface area contributed by atoms with Crippen molar-refractivity contribution in [2.75, 3.05) is 13.2 Å². The van der Waals surface area contributed by atoms with Gasteiger partial charge in [-0.2, -0.15) is 0 Å². The van der Waals surface area contributed by atoms with E-state index in [9.17, 15) is 4.79 Å². The minimum Gasteiger partial charge on any atom is -0.462 e. The van der Waals surface area contributed by atoms with Crippen LogP contribution in [-0.2, 0) is 14.4 Å². The van der Waals surface area contributed by atoms with E-state index in [4.69, 9.17) is 22.9 Å². The fraction of sp³-hybridized carbons (Fsp3) is 0.857. The summed E-state index contributed by atoms with van der Waals surface area (Å²) in [7, 11) is 0. The SMILES string of the molecule is CCCCCCCCCCOC(=O)C(=S)CCON. The molecule has 0 radical (unpaired) electrons. The van der Waals surface area contributed by atoms with Gasteiger partial charge >= 0.3 is 5.97 Å². The van der Waals surface area contributed by atoms with Crippen LogP contribution in [0.2, 0.25) is 0 Å². The lowest BCUT2D eigenvalue weighted by Crippen LogP contribution is -2.18. The summed E-state index contributed by atoms with van der Waals surface area (Å²) in [6.07, 6.45) is 10.1. The Morgan fingerprint density at radius 2 is 1.58 bits per heavy atom. The highest BCUT2D eigenvalue weighted by Gasteiger charge is 2.09. The fourth-order valence-electron chi connectivity index (χ4n) is 1.73. The molecule has 0 amide bonds. The van der Waals surface area contributed by atoms with Gasteiger partial charge in [0.05, 0.1) is 13.2 Å². The Morgan fingerprint density at radius 1 is 1.00 bits per heavy atom. The van der Waals surface area contributed by atoms with Crippen molar-refractivity contribution in [2.45, 2.75) is 64.7 Å². The van der Waals surface area contributed by atoms with Gasteiger partial charge < -0.3 is 9.57 Å². The molecule has 5 heteroatoms. The Bertz CT molecular complexity index is 247. The number of thiocarbonyl (C=S) groups is 1. The van der Waals surface area contributed by atoms with Crippen molar-refractivity contribution in [3.05, 3.63) is 0 Å². The first kappa shape index (κ1) is 18.5. The summed E-state index contributed by atoms with van der Waals surface area (Å²) in [6, 6.07) is 0. The van der Waals surface area contributed by atoms with E-state index in [0.717, 1.165) is 12.8 Å². The molecule has 0 saturated carbocycles. The molecule has 0 heterocycles. The molecule has 0 atom stereocenters. The van der Waals surface area contributed by atoms with Crippen molar-refractivity contribution >= 4 is 23.1 Å². The van der Waals surface area contributed by atoms with Gasteiger partial charge in [-0.05, 0) is 6.42 Å². The minimum atomic E-state index is -0.407. The van der Waals surface area contributed by atoms with Gasteiger partial charge in [-0.1, -0.05) is 64.1 Å². The highest BCUT2D eigenvalue weighted by molar-refractivity contribution is 7.82. The van der Waals surface area contributed by atoms with Crippen LogP contribution in [0.3, 0.4) is 0 Å². The number of ether oxygens (including phenoxy) is 1. The first-order chi connectivity index (χ1) is 9.22. The topological polar surface area (TPSA) is 61.5 Å². The summed E-state index contributed by atoms with van der Waals surface area (Å²) in [5.41, 5.74) is 0. The maximum absolute atomic E-state index is 11.4. The van der Waals surface area contributed by atoms with Gasteiger partial charge in [0.1, 0.15) is 4.86 Å². The molecule has 19 heavy (non-hydrogen) atoms. The van der Waals surface area contributed by atoms with Gasteiger partial charge in [-0.25, -0.2) is 10.7 Å². The molecule has 2 N–H and O–H groups in total. The van der Waals surface area contributed by atoms with Crippen LogP contribution in [0.25, 0.3) is 0 Å². The summed E-state index contributed by atoms with van der Waals surface area (Å²) in [5, 5.41) is 0. The molecule has 112 valence electrons. The van der Waals surface area contributed by atoms with Gasteiger partial charge in [0.2, 0.25) is 0 Å². The number of nitrogens with two attached hydrogens (primary N) is 1. The monoisotopic (exact) mass is 289 g/mol. The molecule has 0 aliphatic rings. The smallest absolute Gasteiger partial charge is 0.345 e. The van der Waals surface area contributed by atoms with Crippen LogP contribution in [0.5, 0.6) is 0 Å². The molecule has 0 bridgehead atoms.